The molecule has 0 radical (unpaired) electrons. The van der Waals surface area contributed by atoms with Gasteiger partial charge >= 0.3 is 0 Å². The van der Waals surface area contributed by atoms with Crippen LogP contribution in [0.1, 0.15) is 46.0 Å². The molecule has 0 atom stereocenters. The minimum absolute atomic E-state index is 0.0406. The van der Waals surface area contributed by atoms with Gasteiger partial charge in [-0.25, -0.2) is 0 Å². The Morgan fingerprint density at radius 1 is 1.15 bits per heavy atom. The van der Waals surface area contributed by atoms with Gasteiger partial charge in [0.1, 0.15) is 5.75 Å². The Morgan fingerprint density at radius 3 is 2.69 bits per heavy atom. The molecule has 0 unspecified atom stereocenters. The molecule has 26 heavy (non-hydrogen) atoms. The lowest BCUT2D eigenvalue weighted by atomic mass is 9.97. The van der Waals surface area contributed by atoms with Gasteiger partial charge in [0.15, 0.2) is 12.4 Å². The van der Waals surface area contributed by atoms with E-state index in [0.29, 0.717) is 34.7 Å². The zero-order valence-corrected chi connectivity index (χ0v) is 14.5. The van der Waals surface area contributed by atoms with Crippen molar-refractivity contribution in [2.24, 2.45) is 0 Å². The first kappa shape index (κ1) is 17.7. The van der Waals surface area contributed by atoms with E-state index in [2.05, 4.69) is 10.6 Å². The van der Waals surface area contributed by atoms with E-state index in [9.17, 15) is 14.4 Å². The molecular formula is C20H20N2O4. The van der Waals surface area contributed by atoms with Crippen LogP contribution < -0.4 is 15.4 Å². The second kappa shape index (κ2) is 7.82. The van der Waals surface area contributed by atoms with E-state index in [1.807, 2.05) is 6.92 Å². The molecule has 0 bridgehead atoms. The Kier molecular flexibility index (Phi) is 5.31. The van der Waals surface area contributed by atoms with Crippen molar-refractivity contribution < 1.29 is 19.1 Å². The average molecular weight is 352 g/mol. The zero-order valence-electron chi connectivity index (χ0n) is 14.5. The highest BCUT2D eigenvalue weighted by Crippen LogP contribution is 2.29. The third-order valence-electron chi connectivity index (χ3n) is 4.11. The van der Waals surface area contributed by atoms with E-state index in [4.69, 9.17) is 4.74 Å². The topological polar surface area (TPSA) is 84.5 Å². The third kappa shape index (κ3) is 3.74. The number of carbonyl (C=O) groups excluding carboxylic acids is 3. The molecule has 2 N–H and O–H groups in total. The number of anilines is 1. The lowest BCUT2D eigenvalue weighted by Crippen LogP contribution is -2.27. The standard InChI is InChI=1S/C20H20N2O4/c1-2-3-10-21-20(25)15-7-5-4-6-14(15)19(24)13-8-9-17-16(11-13)22-18(23)12-26-17/h4-9,11H,2-3,10,12H2,1H3,(H,21,25)(H,22,23). The first-order valence-corrected chi connectivity index (χ1v) is 8.58. The number of rotatable bonds is 6. The molecule has 0 fully saturated rings. The summed E-state index contributed by atoms with van der Waals surface area (Å²) in [6, 6.07) is 11.6. The zero-order chi connectivity index (χ0) is 18.5. The van der Waals surface area contributed by atoms with E-state index in [1.54, 1.807) is 42.5 Å². The summed E-state index contributed by atoms with van der Waals surface area (Å²) in [5.74, 6) is -0.296. The largest absolute Gasteiger partial charge is 0.482 e. The highest BCUT2D eigenvalue weighted by Gasteiger charge is 2.21. The summed E-state index contributed by atoms with van der Waals surface area (Å²) in [4.78, 5) is 36.8. The van der Waals surface area contributed by atoms with Gasteiger partial charge in [0, 0.05) is 17.7 Å². The Morgan fingerprint density at radius 2 is 1.92 bits per heavy atom. The number of unbranched alkanes of at least 4 members (excludes halogenated alkanes) is 1. The molecule has 1 aliphatic heterocycles. The molecule has 0 aliphatic carbocycles. The summed E-state index contributed by atoms with van der Waals surface area (Å²) in [6.45, 7) is 2.57. The first-order chi connectivity index (χ1) is 12.6. The van der Waals surface area contributed by atoms with Crippen molar-refractivity contribution in [1.82, 2.24) is 5.32 Å². The minimum Gasteiger partial charge on any atom is -0.482 e. The van der Waals surface area contributed by atoms with Crippen molar-refractivity contribution in [2.75, 3.05) is 18.5 Å². The molecule has 6 heteroatoms. The van der Waals surface area contributed by atoms with E-state index in [-0.39, 0.29) is 24.2 Å². The first-order valence-electron chi connectivity index (χ1n) is 8.58. The number of benzene rings is 2. The molecule has 2 amide bonds. The molecule has 1 heterocycles. The van der Waals surface area contributed by atoms with Crippen LogP contribution in [0.3, 0.4) is 0 Å². The van der Waals surface area contributed by atoms with Crippen molar-refractivity contribution in [1.29, 1.82) is 0 Å². The number of hydrogen-bond acceptors (Lipinski definition) is 4. The summed E-state index contributed by atoms with van der Waals surface area (Å²) >= 11 is 0. The van der Waals surface area contributed by atoms with Gasteiger partial charge in [0.25, 0.3) is 11.8 Å². The fraction of sp³-hybridized carbons (Fsp3) is 0.250. The molecule has 0 saturated heterocycles. The van der Waals surface area contributed by atoms with Gasteiger partial charge in [-0.1, -0.05) is 31.5 Å². The van der Waals surface area contributed by atoms with Crippen molar-refractivity contribution in [3.63, 3.8) is 0 Å². The van der Waals surface area contributed by atoms with E-state index in [0.717, 1.165) is 12.8 Å². The average Bonchev–Trinajstić information content (AvgIpc) is 2.67. The SMILES string of the molecule is CCCCNC(=O)c1ccccc1C(=O)c1ccc2c(c1)NC(=O)CO2. The fourth-order valence-electron chi connectivity index (χ4n) is 2.73. The fourth-order valence-corrected chi connectivity index (χ4v) is 2.73. The summed E-state index contributed by atoms with van der Waals surface area (Å²) in [6.07, 6.45) is 1.86. The maximum atomic E-state index is 12.9. The molecule has 3 rings (SSSR count). The molecule has 2 aromatic carbocycles. The van der Waals surface area contributed by atoms with Gasteiger partial charge in [-0.05, 0) is 30.7 Å². The van der Waals surface area contributed by atoms with Crippen molar-refractivity contribution in [3.8, 4) is 5.75 Å². The van der Waals surface area contributed by atoms with Gasteiger partial charge in [0.2, 0.25) is 0 Å². The predicted octanol–water partition coefficient (Wildman–Crippen LogP) is 2.78. The van der Waals surface area contributed by atoms with Gasteiger partial charge < -0.3 is 15.4 Å². The Bertz CT molecular complexity index is 861. The molecule has 0 spiro atoms. The van der Waals surface area contributed by atoms with Gasteiger partial charge in [0.05, 0.1) is 11.3 Å². The number of nitrogens with one attached hydrogen (secondary N) is 2. The smallest absolute Gasteiger partial charge is 0.262 e. The number of hydrogen-bond donors (Lipinski definition) is 2. The maximum Gasteiger partial charge on any atom is 0.262 e. The van der Waals surface area contributed by atoms with Crippen molar-refractivity contribution in [3.05, 3.63) is 59.2 Å². The van der Waals surface area contributed by atoms with Crippen LogP contribution in [0.5, 0.6) is 5.75 Å². The summed E-state index contributed by atoms with van der Waals surface area (Å²) in [7, 11) is 0. The molecule has 0 saturated carbocycles. The maximum absolute atomic E-state index is 12.9. The third-order valence-corrected chi connectivity index (χ3v) is 4.11. The van der Waals surface area contributed by atoms with Crippen LogP contribution in [0, 0.1) is 0 Å². The molecular weight excluding hydrogens is 332 g/mol. The Hall–Kier alpha value is -3.15. The molecule has 1 aliphatic rings. The van der Waals surface area contributed by atoms with Crippen LogP contribution in [0.4, 0.5) is 5.69 Å². The van der Waals surface area contributed by atoms with Crippen LogP contribution in [0.25, 0.3) is 0 Å². The van der Waals surface area contributed by atoms with Gasteiger partial charge in [-0.3, -0.25) is 14.4 Å². The summed E-state index contributed by atoms with van der Waals surface area (Å²) in [5, 5.41) is 5.52. The van der Waals surface area contributed by atoms with Gasteiger partial charge in [-0.2, -0.15) is 0 Å². The number of carbonyl (C=O) groups is 3. The molecule has 0 aromatic heterocycles. The highest BCUT2D eigenvalue weighted by molar-refractivity contribution is 6.16. The Labute approximate surface area is 151 Å². The van der Waals surface area contributed by atoms with E-state index in [1.165, 1.54) is 0 Å². The van der Waals surface area contributed by atoms with E-state index >= 15 is 0 Å². The second-order valence-electron chi connectivity index (χ2n) is 6.03. The predicted molar refractivity (Wildman–Crippen MR) is 97.7 cm³/mol. The Balaban J connectivity index is 1.88. The molecule has 134 valence electrons. The molecule has 6 nitrogen and oxygen atoms in total. The normalized spacial score (nSPS) is 12.6. The number of ketones is 1. The second-order valence-corrected chi connectivity index (χ2v) is 6.03. The van der Waals surface area contributed by atoms with Crippen molar-refractivity contribution >= 4 is 23.3 Å². The minimum atomic E-state index is -0.283. The van der Waals surface area contributed by atoms with E-state index < -0.39 is 0 Å². The number of fused-ring (bicyclic) bond motifs is 1. The van der Waals surface area contributed by atoms with Crippen LogP contribution in [0.2, 0.25) is 0 Å². The van der Waals surface area contributed by atoms with Crippen LogP contribution in [-0.4, -0.2) is 30.7 Å². The van der Waals surface area contributed by atoms with Crippen LogP contribution in [0.15, 0.2) is 42.5 Å². The lowest BCUT2D eigenvalue weighted by Gasteiger charge is -2.18. The monoisotopic (exact) mass is 352 g/mol. The number of amides is 2. The quantitative estimate of drug-likeness (QED) is 0.618. The van der Waals surface area contributed by atoms with Crippen molar-refractivity contribution in [2.45, 2.75) is 19.8 Å². The van der Waals surface area contributed by atoms with Gasteiger partial charge in [-0.15, -0.1) is 0 Å². The van der Waals surface area contributed by atoms with Crippen LogP contribution in [-0.2, 0) is 4.79 Å². The number of ether oxygens (including phenoxy) is 1. The van der Waals surface area contributed by atoms with Crippen LogP contribution >= 0.6 is 0 Å². The summed E-state index contributed by atoms with van der Waals surface area (Å²) < 4.78 is 5.31. The summed E-state index contributed by atoms with van der Waals surface area (Å²) in [5.41, 5.74) is 1.50. The molecule has 2 aromatic rings. The lowest BCUT2D eigenvalue weighted by molar-refractivity contribution is -0.118. The highest BCUT2D eigenvalue weighted by atomic mass is 16.5.